The number of nitrogens with one attached hydrogen (secondary N) is 1. The molecule has 73 heavy (non-hydrogen) atoms. The van der Waals surface area contributed by atoms with E-state index >= 15 is 0 Å². The summed E-state index contributed by atoms with van der Waals surface area (Å²) < 4.78 is 0. The van der Waals surface area contributed by atoms with Crippen LogP contribution in [0.4, 0.5) is 0 Å². The summed E-state index contributed by atoms with van der Waals surface area (Å²) in [5, 5.41) is 23.3. The number of unbranched alkanes of at least 4 members (excludes halogenated alkanes) is 52. The summed E-state index contributed by atoms with van der Waals surface area (Å²) in [4.78, 5) is 12.5. The molecule has 0 aromatic heterocycles. The van der Waals surface area contributed by atoms with Gasteiger partial charge in [-0.2, -0.15) is 0 Å². The van der Waals surface area contributed by atoms with Crippen LogP contribution in [0.25, 0.3) is 0 Å². The number of aliphatic hydroxyl groups is 2. The van der Waals surface area contributed by atoms with Gasteiger partial charge in [-0.3, -0.25) is 4.79 Å². The predicted octanol–water partition coefficient (Wildman–Crippen LogP) is 22.8. The molecular weight excluding hydrogens is 891 g/mol. The van der Waals surface area contributed by atoms with E-state index in [1.165, 1.54) is 327 Å². The molecule has 0 aliphatic carbocycles. The highest BCUT2D eigenvalue weighted by Crippen LogP contribution is 2.19. The van der Waals surface area contributed by atoms with Crippen LogP contribution in [0.5, 0.6) is 0 Å². The van der Waals surface area contributed by atoms with E-state index in [1.54, 1.807) is 6.08 Å². The van der Waals surface area contributed by atoms with Gasteiger partial charge in [0.25, 0.3) is 0 Å². The summed E-state index contributed by atoms with van der Waals surface area (Å²) in [6.45, 7) is 4.34. The van der Waals surface area contributed by atoms with Crippen molar-refractivity contribution in [2.45, 2.75) is 392 Å². The van der Waals surface area contributed by atoms with Crippen molar-refractivity contribution in [3.8, 4) is 0 Å². The van der Waals surface area contributed by atoms with Gasteiger partial charge in [0.1, 0.15) is 0 Å². The molecule has 0 aromatic carbocycles. The van der Waals surface area contributed by atoms with Crippen LogP contribution in [-0.4, -0.2) is 34.9 Å². The minimum Gasteiger partial charge on any atom is -0.394 e. The lowest BCUT2D eigenvalue weighted by Gasteiger charge is -2.19. The monoisotopic (exact) mass is 1020 g/mol. The maximum atomic E-state index is 12.5. The van der Waals surface area contributed by atoms with Crippen molar-refractivity contribution in [1.82, 2.24) is 5.32 Å². The number of aliphatic hydroxyl groups excluding tert-OH is 2. The molecule has 4 heteroatoms. The quantitative estimate of drug-likeness (QED) is 0.0420. The Balaban J connectivity index is 3.45. The molecule has 0 bridgehead atoms. The fraction of sp³-hybridized carbons (Fsp3) is 0.899. The highest BCUT2D eigenvalue weighted by Gasteiger charge is 2.18. The Kier molecular flexibility index (Phi) is 63.7. The molecule has 0 radical (unpaired) electrons. The van der Waals surface area contributed by atoms with E-state index in [1.807, 2.05) is 6.08 Å². The first kappa shape index (κ1) is 71.6. The molecule has 0 saturated carbocycles. The van der Waals surface area contributed by atoms with Crippen LogP contribution in [0.15, 0.2) is 36.5 Å². The molecule has 2 unspecified atom stereocenters. The maximum Gasteiger partial charge on any atom is 0.220 e. The van der Waals surface area contributed by atoms with E-state index in [9.17, 15) is 15.0 Å². The van der Waals surface area contributed by atoms with Crippen LogP contribution in [0, 0.1) is 0 Å². The first-order chi connectivity index (χ1) is 36.2. The molecule has 432 valence electrons. The van der Waals surface area contributed by atoms with Gasteiger partial charge in [0.2, 0.25) is 5.91 Å². The molecule has 0 aliphatic heterocycles. The predicted molar refractivity (Wildman–Crippen MR) is 327 cm³/mol. The van der Waals surface area contributed by atoms with Crippen LogP contribution in [0.1, 0.15) is 380 Å². The highest BCUT2D eigenvalue weighted by atomic mass is 16.3. The smallest absolute Gasteiger partial charge is 0.220 e. The molecule has 0 fully saturated rings. The average molecular weight is 1020 g/mol. The second-order valence-corrected chi connectivity index (χ2v) is 23.2. The Morgan fingerprint density at radius 1 is 0.315 bits per heavy atom. The lowest BCUT2D eigenvalue weighted by molar-refractivity contribution is -0.123. The molecule has 0 aliphatic rings. The van der Waals surface area contributed by atoms with E-state index < -0.39 is 12.1 Å². The Morgan fingerprint density at radius 2 is 0.534 bits per heavy atom. The Hall–Kier alpha value is -1.39. The molecule has 0 rings (SSSR count). The molecule has 4 nitrogen and oxygen atoms in total. The normalized spacial score (nSPS) is 12.9. The number of carbonyl (C=O) groups excluding carboxylic acids is 1. The largest absolute Gasteiger partial charge is 0.394 e. The van der Waals surface area contributed by atoms with Gasteiger partial charge in [-0.05, 0) is 57.8 Å². The van der Waals surface area contributed by atoms with Gasteiger partial charge in [0.05, 0.1) is 18.8 Å². The first-order valence-corrected chi connectivity index (χ1v) is 33.7. The van der Waals surface area contributed by atoms with Crippen LogP contribution in [-0.2, 0) is 4.79 Å². The number of allylic oxidation sites excluding steroid dienone is 5. The minimum atomic E-state index is -0.863. The van der Waals surface area contributed by atoms with Crippen LogP contribution >= 0.6 is 0 Å². The number of amides is 1. The molecule has 3 N–H and O–H groups in total. The van der Waals surface area contributed by atoms with Crippen molar-refractivity contribution in [3.63, 3.8) is 0 Å². The van der Waals surface area contributed by atoms with Gasteiger partial charge in [-0.15, -0.1) is 0 Å². The maximum absolute atomic E-state index is 12.5. The van der Waals surface area contributed by atoms with Crippen LogP contribution in [0.2, 0.25) is 0 Å². The third kappa shape index (κ3) is 61.3. The van der Waals surface area contributed by atoms with Crippen molar-refractivity contribution >= 4 is 5.91 Å². The third-order valence-corrected chi connectivity index (χ3v) is 15.8. The summed E-state index contributed by atoms with van der Waals surface area (Å²) in [5.74, 6) is -0.0661. The SMILES string of the molecule is CCCCCCCCCC/C=C\CCCCCCCCCCCCCCCCCCCCCC(=O)NC(CO)C(O)/C=C/CC/C=C/CCCCCCCCCCCCCCCCCCCCCCCCCC. The van der Waals surface area contributed by atoms with Gasteiger partial charge in [-0.1, -0.05) is 352 Å². The molecule has 0 saturated heterocycles. The van der Waals surface area contributed by atoms with Crippen molar-refractivity contribution in [1.29, 1.82) is 0 Å². The zero-order valence-electron chi connectivity index (χ0n) is 49.9. The van der Waals surface area contributed by atoms with E-state index in [0.717, 1.165) is 32.1 Å². The summed E-state index contributed by atoms with van der Waals surface area (Å²) in [5.41, 5.74) is 0. The fourth-order valence-electron chi connectivity index (χ4n) is 10.7. The molecule has 1 amide bonds. The highest BCUT2D eigenvalue weighted by molar-refractivity contribution is 5.76. The Labute approximate surface area is 459 Å². The first-order valence-electron chi connectivity index (χ1n) is 33.7. The fourth-order valence-corrected chi connectivity index (χ4v) is 10.7. The summed E-state index contributed by atoms with van der Waals surface area (Å²) in [6.07, 6.45) is 89.4. The average Bonchev–Trinajstić information content (AvgIpc) is 3.40. The minimum absolute atomic E-state index is 0.0661. The lowest BCUT2D eigenvalue weighted by Crippen LogP contribution is -2.45. The molecule has 0 spiro atoms. The van der Waals surface area contributed by atoms with E-state index in [4.69, 9.17) is 0 Å². The molecule has 0 heterocycles. The topological polar surface area (TPSA) is 69.6 Å². The second-order valence-electron chi connectivity index (χ2n) is 23.2. The van der Waals surface area contributed by atoms with Crippen molar-refractivity contribution < 1.29 is 15.0 Å². The molecule has 2 atom stereocenters. The zero-order chi connectivity index (χ0) is 52.7. The summed E-state index contributed by atoms with van der Waals surface area (Å²) >= 11 is 0. The Morgan fingerprint density at radius 3 is 0.795 bits per heavy atom. The summed E-state index contributed by atoms with van der Waals surface area (Å²) in [7, 11) is 0. The third-order valence-electron chi connectivity index (χ3n) is 15.8. The second kappa shape index (κ2) is 64.9. The zero-order valence-corrected chi connectivity index (χ0v) is 49.9. The Bertz CT molecular complexity index is 1110. The van der Waals surface area contributed by atoms with Gasteiger partial charge in [0.15, 0.2) is 0 Å². The van der Waals surface area contributed by atoms with E-state index in [0.29, 0.717) is 6.42 Å². The van der Waals surface area contributed by atoms with Gasteiger partial charge >= 0.3 is 0 Å². The van der Waals surface area contributed by atoms with Crippen molar-refractivity contribution in [3.05, 3.63) is 36.5 Å². The number of hydrogen-bond donors (Lipinski definition) is 3. The number of rotatable bonds is 63. The molecule has 0 aromatic rings. The van der Waals surface area contributed by atoms with E-state index in [-0.39, 0.29) is 12.5 Å². The van der Waals surface area contributed by atoms with Gasteiger partial charge in [-0.25, -0.2) is 0 Å². The van der Waals surface area contributed by atoms with Crippen LogP contribution in [0.3, 0.4) is 0 Å². The van der Waals surface area contributed by atoms with E-state index in [2.05, 4.69) is 43.5 Å². The number of carbonyl (C=O) groups is 1. The molecular formula is C69H133NO3. The van der Waals surface area contributed by atoms with Gasteiger partial charge < -0.3 is 15.5 Å². The standard InChI is InChI=1S/C69H133NO3/c1-3-5-7-9-11-13-15-17-19-21-23-25-27-29-31-33-35-37-39-41-43-45-47-49-51-53-55-57-59-61-63-65-69(73)70-67(66-71)68(72)64-62-60-58-56-54-52-50-48-46-44-42-40-38-36-34-32-30-28-26-24-22-20-18-16-14-12-10-8-6-4-2/h21,23,54,56,62,64,67-68,71-72H,3-20,22,24-53,55,57-61,63,65-66H2,1-2H3,(H,70,73)/b23-21-,56-54+,64-62+. The number of hydrogen-bond acceptors (Lipinski definition) is 3. The lowest BCUT2D eigenvalue weighted by atomic mass is 10.0. The van der Waals surface area contributed by atoms with Crippen LogP contribution < -0.4 is 5.32 Å². The van der Waals surface area contributed by atoms with Crippen molar-refractivity contribution in [2.24, 2.45) is 0 Å². The van der Waals surface area contributed by atoms with Crippen molar-refractivity contribution in [2.75, 3.05) is 6.61 Å². The van der Waals surface area contributed by atoms with Gasteiger partial charge in [0, 0.05) is 6.42 Å². The summed E-state index contributed by atoms with van der Waals surface area (Å²) in [6, 6.07) is -0.639.